The highest BCUT2D eigenvalue weighted by Crippen LogP contribution is 2.24. The Morgan fingerprint density at radius 3 is 2.05 bits per heavy atom. The van der Waals surface area contributed by atoms with Gasteiger partial charge in [0.15, 0.2) is 17.5 Å². The van der Waals surface area contributed by atoms with Crippen LogP contribution in [0.15, 0.2) is 12.1 Å². The lowest BCUT2D eigenvalue weighted by Crippen LogP contribution is -2.36. The lowest BCUT2D eigenvalue weighted by molar-refractivity contribution is -0.139. The quantitative estimate of drug-likeness (QED) is 0.647. The summed E-state index contributed by atoms with van der Waals surface area (Å²) in [6.07, 6.45) is -5.58. The third kappa shape index (κ3) is 4.68. The average molecular weight is 301 g/mol. The van der Waals surface area contributed by atoms with Gasteiger partial charge in [0.25, 0.3) is 0 Å². The average Bonchev–Trinajstić information content (AvgIpc) is 2.30. The topological polar surface area (TPSA) is 32.3 Å². The van der Waals surface area contributed by atoms with E-state index >= 15 is 0 Å². The molecule has 114 valence electrons. The molecule has 0 radical (unpaired) electrons. The monoisotopic (exact) mass is 301 g/mol. The number of aliphatic hydroxyl groups is 1. The lowest BCUT2D eigenvalue weighted by atomic mass is 10.1. The molecule has 20 heavy (non-hydrogen) atoms. The Balaban J connectivity index is 2.86. The fourth-order valence-corrected chi connectivity index (χ4v) is 1.78. The first-order valence-corrected chi connectivity index (χ1v) is 5.72. The first kappa shape index (κ1) is 16.8. The van der Waals surface area contributed by atoms with Crippen molar-refractivity contribution in [3.63, 3.8) is 0 Å². The van der Waals surface area contributed by atoms with Crippen molar-refractivity contribution in [1.82, 2.24) is 5.32 Å². The van der Waals surface area contributed by atoms with Gasteiger partial charge in [0.2, 0.25) is 0 Å². The number of hydrogen-bond acceptors (Lipinski definition) is 2. The van der Waals surface area contributed by atoms with Crippen molar-refractivity contribution >= 4 is 0 Å². The van der Waals surface area contributed by atoms with Crippen molar-refractivity contribution < 1.29 is 31.4 Å². The largest absolute Gasteiger partial charge is 0.394 e. The fraction of sp³-hybridized carbons (Fsp3) is 0.500. The van der Waals surface area contributed by atoms with Crippen LogP contribution in [0.5, 0.6) is 0 Å². The van der Waals surface area contributed by atoms with E-state index < -0.39 is 48.7 Å². The Bertz CT molecular complexity index is 439. The SMILES string of the molecule is CC(CC(F)(F)F)NC(CO)c1cc(F)c(F)c(F)c1. The summed E-state index contributed by atoms with van der Waals surface area (Å²) in [6, 6.07) is -0.945. The van der Waals surface area contributed by atoms with Crippen LogP contribution in [0.4, 0.5) is 26.3 Å². The highest BCUT2D eigenvalue weighted by molar-refractivity contribution is 5.23. The standard InChI is InChI=1S/C12H13F6NO/c1-6(4-12(16,17)18)19-10(5-20)7-2-8(13)11(15)9(14)3-7/h2-3,6,10,19-20H,4-5H2,1H3. The number of aliphatic hydroxyl groups excluding tert-OH is 1. The van der Waals surface area contributed by atoms with Crippen molar-refractivity contribution in [2.24, 2.45) is 0 Å². The van der Waals surface area contributed by atoms with Crippen molar-refractivity contribution in [3.05, 3.63) is 35.1 Å². The van der Waals surface area contributed by atoms with E-state index in [4.69, 9.17) is 5.11 Å². The maximum absolute atomic E-state index is 13.0. The van der Waals surface area contributed by atoms with Crippen LogP contribution in [0.25, 0.3) is 0 Å². The van der Waals surface area contributed by atoms with Gasteiger partial charge in [0, 0.05) is 6.04 Å². The maximum Gasteiger partial charge on any atom is 0.390 e. The van der Waals surface area contributed by atoms with E-state index in [0.717, 1.165) is 0 Å². The third-order valence-corrected chi connectivity index (χ3v) is 2.61. The number of halogens is 6. The zero-order valence-electron chi connectivity index (χ0n) is 10.4. The molecule has 0 aliphatic heterocycles. The summed E-state index contributed by atoms with van der Waals surface area (Å²) in [5, 5.41) is 11.5. The minimum atomic E-state index is -4.41. The number of alkyl halides is 3. The first-order valence-electron chi connectivity index (χ1n) is 5.72. The molecule has 1 aromatic carbocycles. The summed E-state index contributed by atoms with van der Waals surface area (Å²) in [6.45, 7) is 0.527. The summed E-state index contributed by atoms with van der Waals surface area (Å²) in [4.78, 5) is 0. The highest BCUT2D eigenvalue weighted by atomic mass is 19.4. The van der Waals surface area contributed by atoms with Crippen molar-refractivity contribution in [1.29, 1.82) is 0 Å². The molecule has 0 saturated carbocycles. The van der Waals surface area contributed by atoms with Gasteiger partial charge >= 0.3 is 6.18 Å². The second-order valence-electron chi connectivity index (χ2n) is 4.42. The molecular formula is C12H13F6NO. The first-order chi connectivity index (χ1) is 9.14. The van der Waals surface area contributed by atoms with E-state index in [2.05, 4.69) is 5.32 Å². The zero-order chi connectivity index (χ0) is 15.5. The van der Waals surface area contributed by atoms with E-state index in [1.165, 1.54) is 6.92 Å². The Kier molecular flexibility index (Phi) is 5.41. The second-order valence-corrected chi connectivity index (χ2v) is 4.42. The van der Waals surface area contributed by atoms with Crippen molar-refractivity contribution in [3.8, 4) is 0 Å². The van der Waals surface area contributed by atoms with E-state index in [0.29, 0.717) is 12.1 Å². The molecule has 0 fully saturated rings. The van der Waals surface area contributed by atoms with E-state index in [9.17, 15) is 26.3 Å². The molecule has 0 spiro atoms. The number of rotatable bonds is 5. The molecule has 0 amide bonds. The van der Waals surface area contributed by atoms with E-state index in [1.54, 1.807) is 0 Å². The molecular weight excluding hydrogens is 288 g/mol. The van der Waals surface area contributed by atoms with Gasteiger partial charge in [-0.2, -0.15) is 13.2 Å². The van der Waals surface area contributed by atoms with Gasteiger partial charge in [-0.25, -0.2) is 13.2 Å². The van der Waals surface area contributed by atoms with Crippen LogP contribution >= 0.6 is 0 Å². The molecule has 0 aliphatic carbocycles. The predicted molar refractivity (Wildman–Crippen MR) is 59.4 cm³/mol. The summed E-state index contributed by atoms with van der Waals surface area (Å²) in [5.74, 6) is -4.61. The predicted octanol–water partition coefficient (Wildman–Crippen LogP) is 3.07. The molecule has 1 rings (SSSR count). The Hall–Kier alpha value is -1.28. The van der Waals surface area contributed by atoms with Crippen LogP contribution in [0.2, 0.25) is 0 Å². The van der Waals surface area contributed by atoms with Gasteiger partial charge < -0.3 is 10.4 Å². The third-order valence-electron chi connectivity index (χ3n) is 2.61. The van der Waals surface area contributed by atoms with Crippen LogP contribution in [0, 0.1) is 17.5 Å². The molecule has 8 heteroatoms. The minimum Gasteiger partial charge on any atom is -0.394 e. The molecule has 1 aromatic rings. The zero-order valence-corrected chi connectivity index (χ0v) is 10.4. The summed E-state index contributed by atoms with van der Waals surface area (Å²) in [5.41, 5.74) is -0.169. The van der Waals surface area contributed by atoms with Gasteiger partial charge in [-0.15, -0.1) is 0 Å². The van der Waals surface area contributed by atoms with Gasteiger partial charge in [-0.3, -0.25) is 0 Å². The molecule has 0 aromatic heterocycles. The molecule has 2 nitrogen and oxygen atoms in total. The van der Waals surface area contributed by atoms with Gasteiger partial charge in [-0.05, 0) is 24.6 Å². The second kappa shape index (κ2) is 6.45. The molecule has 0 saturated heterocycles. The molecule has 0 heterocycles. The van der Waals surface area contributed by atoms with Crippen LogP contribution in [0.1, 0.15) is 24.9 Å². The van der Waals surface area contributed by atoms with E-state index in [-0.39, 0.29) is 5.56 Å². The van der Waals surface area contributed by atoms with Crippen LogP contribution in [-0.2, 0) is 0 Å². The summed E-state index contributed by atoms with van der Waals surface area (Å²) in [7, 11) is 0. The normalized spacial score (nSPS) is 15.2. The van der Waals surface area contributed by atoms with Gasteiger partial charge in [0.05, 0.1) is 19.1 Å². The van der Waals surface area contributed by atoms with Crippen molar-refractivity contribution in [2.45, 2.75) is 31.6 Å². The van der Waals surface area contributed by atoms with E-state index in [1.807, 2.05) is 0 Å². The van der Waals surface area contributed by atoms with Gasteiger partial charge in [-0.1, -0.05) is 0 Å². The smallest absolute Gasteiger partial charge is 0.390 e. The lowest BCUT2D eigenvalue weighted by Gasteiger charge is -2.23. The molecule has 2 atom stereocenters. The van der Waals surface area contributed by atoms with Crippen LogP contribution in [-0.4, -0.2) is 23.9 Å². The Morgan fingerprint density at radius 2 is 1.65 bits per heavy atom. The Labute approximate surface area is 111 Å². The number of hydrogen-bond donors (Lipinski definition) is 2. The van der Waals surface area contributed by atoms with Crippen LogP contribution in [0.3, 0.4) is 0 Å². The molecule has 0 bridgehead atoms. The van der Waals surface area contributed by atoms with Crippen molar-refractivity contribution in [2.75, 3.05) is 6.61 Å². The molecule has 0 aliphatic rings. The number of benzene rings is 1. The minimum absolute atomic E-state index is 0.169. The van der Waals surface area contributed by atoms with Crippen LogP contribution < -0.4 is 5.32 Å². The molecule has 2 N–H and O–H groups in total. The summed E-state index contributed by atoms with van der Waals surface area (Å²) < 4.78 is 75.4. The summed E-state index contributed by atoms with van der Waals surface area (Å²) >= 11 is 0. The number of nitrogens with one attached hydrogen (secondary N) is 1. The van der Waals surface area contributed by atoms with Gasteiger partial charge in [0.1, 0.15) is 0 Å². The Morgan fingerprint density at radius 1 is 1.15 bits per heavy atom. The maximum atomic E-state index is 13.0. The highest BCUT2D eigenvalue weighted by Gasteiger charge is 2.31. The fourth-order valence-electron chi connectivity index (χ4n) is 1.78. The molecule has 2 unspecified atom stereocenters.